The Labute approximate surface area is 157 Å². The van der Waals surface area contributed by atoms with Gasteiger partial charge in [0.05, 0.1) is 5.52 Å². The molecule has 1 heterocycles. The average molecular weight is 447 g/mol. The largest absolute Gasteiger partial charge is 0.471 e. The molecule has 0 fully saturated rings. The van der Waals surface area contributed by atoms with Gasteiger partial charge in [0, 0.05) is 15.1 Å². The van der Waals surface area contributed by atoms with E-state index in [0.717, 1.165) is 4.57 Å². The van der Waals surface area contributed by atoms with Crippen LogP contribution in [0.1, 0.15) is 10.4 Å². The normalized spacial score (nSPS) is 11.6. The van der Waals surface area contributed by atoms with E-state index >= 15 is 0 Å². The van der Waals surface area contributed by atoms with Gasteiger partial charge in [0.25, 0.3) is 5.91 Å². The van der Waals surface area contributed by atoms with Crippen molar-refractivity contribution in [2.45, 2.75) is 6.18 Å². The standard InChI is InChI=1S/C16H8BrClF3N3O2/c17-10-5-2-6-11-12(10)22-15(23-14(26)16(19,20)21)24(11)13(25)8-3-1-4-9(18)7-8/h1-7H,(H,22,23,26). The van der Waals surface area contributed by atoms with Crippen molar-refractivity contribution >= 4 is 56.3 Å². The smallest absolute Gasteiger partial charge is 0.288 e. The molecule has 0 radical (unpaired) electrons. The van der Waals surface area contributed by atoms with Crippen LogP contribution in [0.25, 0.3) is 11.0 Å². The van der Waals surface area contributed by atoms with Crippen molar-refractivity contribution in [3.63, 3.8) is 0 Å². The van der Waals surface area contributed by atoms with Crippen LogP contribution in [0.2, 0.25) is 5.02 Å². The summed E-state index contributed by atoms with van der Waals surface area (Å²) < 4.78 is 39.2. The molecule has 0 atom stereocenters. The molecule has 0 aliphatic heterocycles. The molecule has 1 amide bonds. The Balaban J connectivity index is 2.18. The van der Waals surface area contributed by atoms with Crippen LogP contribution < -0.4 is 5.32 Å². The third-order valence-corrected chi connectivity index (χ3v) is 4.27. The minimum atomic E-state index is -5.13. The molecule has 26 heavy (non-hydrogen) atoms. The van der Waals surface area contributed by atoms with Gasteiger partial charge in [-0.1, -0.05) is 23.7 Å². The monoisotopic (exact) mass is 445 g/mol. The molecule has 3 aromatic rings. The van der Waals surface area contributed by atoms with E-state index in [1.54, 1.807) is 23.5 Å². The average Bonchev–Trinajstić information content (AvgIpc) is 2.93. The number of halogens is 5. The van der Waals surface area contributed by atoms with E-state index in [-0.39, 0.29) is 21.6 Å². The van der Waals surface area contributed by atoms with E-state index in [2.05, 4.69) is 20.9 Å². The number of imidazole rings is 1. The third kappa shape index (κ3) is 3.45. The lowest BCUT2D eigenvalue weighted by Crippen LogP contribution is -2.32. The van der Waals surface area contributed by atoms with Crippen molar-refractivity contribution < 1.29 is 22.8 Å². The number of rotatable bonds is 2. The molecular weight excluding hydrogens is 439 g/mol. The topological polar surface area (TPSA) is 64.0 Å². The SMILES string of the molecule is O=C(c1cccc(Cl)c1)n1c(NC(=O)C(F)(F)F)nc2c(Br)cccc21. The fraction of sp³-hybridized carbons (Fsp3) is 0.0625. The first-order valence-corrected chi connectivity index (χ1v) is 8.21. The fourth-order valence-electron chi connectivity index (χ4n) is 2.28. The minimum Gasteiger partial charge on any atom is -0.288 e. The highest BCUT2D eigenvalue weighted by Gasteiger charge is 2.40. The van der Waals surface area contributed by atoms with Gasteiger partial charge in [0.2, 0.25) is 5.95 Å². The van der Waals surface area contributed by atoms with Crippen LogP contribution in [0, 0.1) is 0 Å². The van der Waals surface area contributed by atoms with Gasteiger partial charge in [0.1, 0.15) is 5.52 Å². The van der Waals surface area contributed by atoms with Gasteiger partial charge >= 0.3 is 12.1 Å². The lowest BCUT2D eigenvalue weighted by atomic mass is 10.2. The Morgan fingerprint density at radius 3 is 2.50 bits per heavy atom. The van der Waals surface area contributed by atoms with Crippen LogP contribution in [0.15, 0.2) is 46.9 Å². The second-order valence-corrected chi connectivity index (χ2v) is 6.44. The maximum atomic E-state index is 12.9. The lowest BCUT2D eigenvalue weighted by molar-refractivity contribution is -0.167. The minimum absolute atomic E-state index is 0.124. The van der Waals surface area contributed by atoms with Crippen LogP contribution in [0.4, 0.5) is 19.1 Å². The van der Waals surface area contributed by atoms with Crippen molar-refractivity contribution in [3.05, 3.63) is 57.5 Å². The molecule has 1 aromatic heterocycles. The number of fused-ring (bicyclic) bond motifs is 1. The molecule has 0 bridgehead atoms. The second kappa shape index (κ2) is 6.73. The molecule has 134 valence electrons. The molecule has 1 N–H and O–H groups in total. The number of benzene rings is 2. The molecule has 3 rings (SSSR count). The van der Waals surface area contributed by atoms with E-state index in [0.29, 0.717) is 4.47 Å². The maximum Gasteiger partial charge on any atom is 0.471 e. The molecule has 0 saturated carbocycles. The van der Waals surface area contributed by atoms with E-state index in [4.69, 9.17) is 11.6 Å². The Morgan fingerprint density at radius 2 is 1.85 bits per heavy atom. The maximum absolute atomic E-state index is 12.9. The van der Waals surface area contributed by atoms with Gasteiger partial charge in [-0.15, -0.1) is 0 Å². The van der Waals surface area contributed by atoms with Crippen molar-refractivity contribution in [1.82, 2.24) is 9.55 Å². The number of nitrogens with one attached hydrogen (secondary N) is 1. The summed E-state index contributed by atoms with van der Waals surface area (Å²) in [7, 11) is 0. The second-order valence-electron chi connectivity index (χ2n) is 5.15. The molecule has 5 nitrogen and oxygen atoms in total. The molecular formula is C16H8BrClF3N3O2. The molecule has 0 spiro atoms. The van der Waals surface area contributed by atoms with Crippen LogP contribution in [0.5, 0.6) is 0 Å². The molecule has 0 unspecified atom stereocenters. The van der Waals surface area contributed by atoms with Crippen LogP contribution in [-0.4, -0.2) is 27.5 Å². The molecule has 0 aliphatic rings. The zero-order valence-electron chi connectivity index (χ0n) is 12.6. The van der Waals surface area contributed by atoms with Gasteiger partial charge in [-0.05, 0) is 46.3 Å². The van der Waals surface area contributed by atoms with Gasteiger partial charge in [0.15, 0.2) is 0 Å². The lowest BCUT2D eigenvalue weighted by Gasteiger charge is -2.10. The number of hydrogen-bond acceptors (Lipinski definition) is 3. The first-order chi connectivity index (χ1) is 12.2. The van der Waals surface area contributed by atoms with Crippen molar-refractivity contribution in [2.75, 3.05) is 5.32 Å². The summed E-state index contributed by atoms with van der Waals surface area (Å²) in [4.78, 5) is 28.1. The molecule has 0 aliphatic carbocycles. The number of aromatic nitrogens is 2. The number of para-hydroxylation sites is 1. The Bertz CT molecular complexity index is 1030. The highest BCUT2D eigenvalue weighted by atomic mass is 79.9. The molecule has 0 saturated heterocycles. The summed E-state index contributed by atoms with van der Waals surface area (Å²) in [5, 5.41) is 1.93. The predicted octanol–water partition coefficient (Wildman–Crippen LogP) is 4.64. The number of anilines is 1. The first kappa shape index (κ1) is 18.4. The van der Waals surface area contributed by atoms with E-state index < -0.39 is 23.9 Å². The molecule has 2 aromatic carbocycles. The third-order valence-electron chi connectivity index (χ3n) is 3.39. The highest BCUT2D eigenvalue weighted by molar-refractivity contribution is 9.10. The number of hydrogen-bond donors (Lipinski definition) is 1. The van der Waals surface area contributed by atoms with Crippen molar-refractivity contribution in [1.29, 1.82) is 0 Å². The summed E-state index contributed by atoms with van der Waals surface area (Å²) in [6.45, 7) is 0. The Hall–Kier alpha value is -2.39. The number of carbonyl (C=O) groups is 2. The van der Waals surface area contributed by atoms with Gasteiger partial charge < -0.3 is 0 Å². The van der Waals surface area contributed by atoms with Gasteiger partial charge in [-0.2, -0.15) is 13.2 Å². The number of alkyl halides is 3. The van der Waals surface area contributed by atoms with E-state index in [1.807, 2.05) is 0 Å². The van der Waals surface area contributed by atoms with Crippen molar-refractivity contribution in [2.24, 2.45) is 0 Å². The zero-order chi connectivity index (χ0) is 19.1. The van der Waals surface area contributed by atoms with Crippen LogP contribution in [0.3, 0.4) is 0 Å². The summed E-state index contributed by atoms with van der Waals surface area (Å²) in [5.41, 5.74) is 0.571. The number of amides is 1. The Morgan fingerprint density at radius 1 is 1.15 bits per heavy atom. The summed E-state index contributed by atoms with van der Waals surface area (Å²) in [5.74, 6) is -3.46. The summed E-state index contributed by atoms with van der Waals surface area (Å²) in [6, 6.07) is 10.6. The van der Waals surface area contributed by atoms with Crippen LogP contribution >= 0.6 is 27.5 Å². The van der Waals surface area contributed by atoms with Crippen molar-refractivity contribution in [3.8, 4) is 0 Å². The summed E-state index contributed by atoms with van der Waals surface area (Å²) in [6.07, 6.45) is -5.13. The predicted molar refractivity (Wildman–Crippen MR) is 93.3 cm³/mol. The van der Waals surface area contributed by atoms with E-state index in [9.17, 15) is 22.8 Å². The fourth-order valence-corrected chi connectivity index (χ4v) is 2.91. The molecule has 10 heteroatoms. The van der Waals surface area contributed by atoms with E-state index in [1.165, 1.54) is 24.3 Å². The number of carbonyl (C=O) groups excluding carboxylic acids is 2. The quantitative estimate of drug-likeness (QED) is 0.624. The Kier molecular flexibility index (Phi) is 4.76. The van der Waals surface area contributed by atoms with Gasteiger partial charge in [-0.25, -0.2) is 9.55 Å². The zero-order valence-corrected chi connectivity index (χ0v) is 15.0. The first-order valence-electron chi connectivity index (χ1n) is 7.04. The number of nitrogens with zero attached hydrogens (tertiary/aromatic N) is 2. The highest BCUT2D eigenvalue weighted by Crippen LogP contribution is 2.29. The van der Waals surface area contributed by atoms with Crippen LogP contribution in [-0.2, 0) is 4.79 Å². The van der Waals surface area contributed by atoms with Gasteiger partial charge in [-0.3, -0.25) is 14.9 Å². The summed E-state index contributed by atoms with van der Waals surface area (Å²) >= 11 is 9.10.